The molecular formula is C19H18N4O5S. The van der Waals surface area contributed by atoms with E-state index in [9.17, 15) is 9.59 Å². The molecule has 2 aliphatic heterocycles. The number of hydrogen-bond donors (Lipinski definition) is 1. The average molecular weight is 414 g/mol. The van der Waals surface area contributed by atoms with E-state index in [2.05, 4.69) is 10.3 Å². The Morgan fingerprint density at radius 3 is 2.90 bits per heavy atom. The fraction of sp³-hybridized carbons (Fsp3) is 0.263. The third-order valence-electron chi connectivity index (χ3n) is 4.43. The number of esters is 1. The van der Waals surface area contributed by atoms with Gasteiger partial charge in [-0.2, -0.15) is 0 Å². The standard InChI is InChI=1S/C19H18N4O5S/c1-27-19(12-5-3-2-4-6-12)28-18(26)15-11-29-17-14(16(25)23(15)17)9-13-10-22(7-8-24)21-20-13/h2-6,9-11,17,19,24H,7-8H2,1H3/b14-9-/t17-,19?/m1/s1. The Kier molecular flexibility index (Phi) is 5.47. The molecule has 1 aromatic heterocycles. The minimum atomic E-state index is -0.860. The second kappa shape index (κ2) is 8.19. The summed E-state index contributed by atoms with van der Waals surface area (Å²) in [5.41, 5.74) is 1.93. The highest BCUT2D eigenvalue weighted by atomic mass is 32.2. The van der Waals surface area contributed by atoms with Crippen LogP contribution >= 0.6 is 11.8 Å². The number of ether oxygens (including phenoxy) is 2. The van der Waals surface area contributed by atoms with E-state index in [1.54, 1.807) is 29.8 Å². The van der Waals surface area contributed by atoms with Gasteiger partial charge in [0.1, 0.15) is 16.8 Å². The van der Waals surface area contributed by atoms with Crippen molar-refractivity contribution in [2.45, 2.75) is 18.2 Å². The van der Waals surface area contributed by atoms with Crippen LogP contribution in [-0.4, -0.2) is 56.0 Å². The van der Waals surface area contributed by atoms with Crippen molar-refractivity contribution in [1.82, 2.24) is 19.9 Å². The SMILES string of the molecule is COC(OC(=O)C1=CS[C@@H]2/C(=C\c3cn(CCO)nn3)C(=O)N12)c1ccccc1. The van der Waals surface area contributed by atoms with Crippen molar-refractivity contribution in [3.63, 3.8) is 0 Å². The largest absolute Gasteiger partial charge is 0.427 e. The fourth-order valence-electron chi connectivity index (χ4n) is 3.03. The number of aliphatic hydroxyl groups is 1. The molecule has 2 aromatic rings. The van der Waals surface area contributed by atoms with Crippen LogP contribution < -0.4 is 0 Å². The first-order valence-electron chi connectivity index (χ1n) is 8.83. The number of β-lactam (4-membered cyclic amide) rings is 1. The Balaban J connectivity index is 1.44. The summed E-state index contributed by atoms with van der Waals surface area (Å²) < 4.78 is 12.2. The molecule has 1 saturated heterocycles. The predicted molar refractivity (Wildman–Crippen MR) is 104 cm³/mol. The Morgan fingerprint density at radius 1 is 1.38 bits per heavy atom. The highest BCUT2D eigenvalue weighted by molar-refractivity contribution is 8.03. The topological polar surface area (TPSA) is 107 Å². The summed E-state index contributed by atoms with van der Waals surface area (Å²) in [6.45, 7) is 0.277. The van der Waals surface area contributed by atoms with Gasteiger partial charge in [0.2, 0.25) is 6.29 Å². The second-order valence-corrected chi connectivity index (χ2v) is 7.23. The molecule has 3 heterocycles. The molecule has 2 atom stereocenters. The van der Waals surface area contributed by atoms with Crippen LogP contribution in [0.15, 0.2) is 53.2 Å². The van der Waals surface area contributed by atoms with Gasteiger partial charge >= 0.3 is 5.97 Å². The number of carbonyl (C=O) groups excluding carboxylic acids is 2. The number of amides is 1. The number of nitrogens with zero attached hydrogens (tertiary/aromatic N) is 4. The number of carbonyl (C=O) groups is 2. The molecule has 4 rings (SSSR count). The van der Waals surface area contributed by atoms with E-state index >= 15 is 0 Å². The maximum atomic E-state index is 12.6. The number of aromatic nitrogens is 3. The quantitative estimate of drug-likeness (QED) is 0.313. The minimum Gasteiger partial charge on any atom is -0.427 e. The van der Waals surface area contributed by atoms with Gasteiger partial charge in [-0.05, 0) is 6.08 Å². The molecule has 1 amide bonds. The number of benzene rings is 1. The van der Waals surface area contributed by atoms with E-state index < -0.39 is 12.3 Å². The van der Waals surface area contributed by atoms with E-state index in [0.717, 1.165) is 0 Å². The molecule has 10 heteroatoms. The molecule has 0 saturated carbocycles. The second-order valence-electron chi connectivity index (χ2n) is 6.28. The molecule has 9 nitrogen and oxygen atoms in total. The lowest BCUT2D eigenvalue weighted by molar-refractivity contribution is -0.173. The van der Waals surface area contributed by atoms with Crippen molar-refractivity contribution in [3.05, 3.63) is 64.5 Å². The van der Waals surface area contributed by atoms with Crippen LogP contribution in [0.2, 0.25) is 0 Å². The Morgan fingerprint density at radius 2 is 2.17 bits per heavy atom. The van der Waals surface area contributed by atoms with E-state index in [1.807, 2.05) is 18.2 Å². The van der Waals surface area contributed by atoms with E-state index in [4.69, 9.17) is 14.6 Å². The molecule has 1 unspecified atom stereocenters. The van der Waals surface area contributed by atoms with Crippen LogP contribution in [0, 0.1) is 0 Å². The number of fused-ring (bicyclic) bond motifs is 1. The molecule has 0 aliphatic carbocycles. The highest BCUT2D eigenvalue weighted by Gasteiger charge is 2.50. The number of thioether (sulfide) groups is 1. The summed E-state index contributed by atoms with van der Waals surface area (Å²) in [5.74, 6) is -0.912. The van der Waals surface area contributed by atoms with E-state index in [1.165, 1.54) is 28.5 Å². The third-order valence-corrected chi connectivity index (χ3v) is 5.51. The molecule has 29 heavy (non-hydrogen) atoms. The maximum Gasteiger partial charge on any atom is 0.358 e. The number of aliphatic hydroxyl groups excluding tert-OH is 1. The number of methoxy groups -OCH3 is 1. The van der Waals surface area contributed by atoms with Gasteiger partial charge in [-0.1, -0.05) is 35.5 Å². The highest BCUT2D eigenvalue weighted by Crippen LogP contribution is 2.45. The molecule has 150 valence electrons. The van der Waals surface area contributed by atoms with Crippen LogP contribution in [0.1, 0.15) is 17.5 Å². The van der Waals surface area contributed by atoms with Gasteiger partial charge in [0, 0.05) is 18.1 Å². The first-order chi connectivity index (χ1) is 14.1. The lowest BCUT2D eigenvalue weighted by Gasteiger charge is -2.37. The smallest absolute Gasteiger partial charge is 0.358 e. The van der Waals surface area contributed by atoms with Gasteiger partial charge < -0.3 is 14.6 Å². The van der Waals surface area contributed by atoms with Crippen LogP contribution in [0.25, 0.3) is 6.08 Å². The number of hydrogen-bond acceptors (Lipinski definition) is 8. The molecule has 0 spiro atoms. The van der Waals surface area contributed by atoms with Crippen molar-refractivity contribution < 1.29 is 24.2 Å². The molecule has 1 aromatic carbocycles. The predicted octanol–water partition coefficient (Wildman–Crippen LogP) is 1.30. The lowest BCUT2D eigenvalue weighted by atomic mass is 10.0. The van der Waals surface area contributed by atoms with Crippen LogP contribution in [0.5, 0.6) is 0 Å². The molecule has 0 radical (unpaired) electrons. The van der Waals surface area contributed by atoms with Crippen molar-refractivity contribution in [3.8, 4) is 0 Å². The molecule has 1 fully saturated rings. The van der Waals surface area contributed by atoms with Crippen LogP contribution in [0.3, 0.4) is 0 Å². The average Bonchev–Trinajstić information content (AvgIpc) is 3.35. The monoisotopic (exact) mass is 414 g/mol. The summed E-state index contributed by atoms with van der Waals surface area (Å²) >= 11 is 1.35. The molecular weight excluding hydrogens is 396 g/mol. The Labute approximate surface area is 170 Å². The first kappa shape index (κ1) is 19.4. The van der Waals surface area contributed by atoms with E-state index in [0.29, 0.717) is 23.4 Å². The van der Waals surface area contributed by atoms with Crippen molar-refractivity contribution in [1.29, 1.82) is 0 Å². The number of rotatable bonds is 7. The summed E-state index contributed by atoms with van der Waals surface area (Å²) in [4.78, 5) is 26.6. The van der Waals surface area contributed by atoms with Gasteiger partial charge in [-0.3, -0.25) is 9.69 Å². The van der Waals surface area contributed by atoms with Crippen molar-refractivity contribution >= 4 is 29.7 Å². The lowest BCUT2D eigenvalue weighted by Crippen LogP contribution is -2.51. The van der Waals surface area contributed by atoms with Gasteiger partial charge in [0.15, 0.2) is 0 Å². The normalized spacial score (nSPS) is 20.3. The van der Waals surface area contributed by atoms with Crippen LogP contribution in [-0.2, 0) is 25.6 Å². The third kappa shape index (κ3) is 3.69. The minimum absolute atomic E-state index is 0.0502. The summed E-state index contributed by atoms with van der Waals surface area (Å²) in [6, 6.07) is 9.09. The summed E-state index contributed by atoms with van der Waals surface area (Å²) in [7, 11) is 1.45. The van der Waals surface area contributed by atoms with Gasteiger partial charge in [0.05, 0.1) is 24.9 Å². The van der Waals surface area contributed by atoms with Crippen LogP contribution in [0.4, 0.5) is 0 Å². The molecule has 1 N–H and O–H groups in total. The zero-order chi connectivity index (χ0) is 20.4. The molecule has 0 bridgehead atoms. The molecule has 2 aliphatic rings. The fourth-order valence-corrected chi connectivity index (χ4v) is 4.14. The van der Waals surface area contributed by atoms with Crippen molar-refractivity contribution in [2.75, 3.05) is 13.7 Å². The zero-order valence-corrected chi connectivity index (χ0v) is 16.3. The Bertz CT molecular complexity index is 987. The first-order valence-corrected chi connectivity index (χ1v) is 9.77. The van der Waals surface area contributed by atoms with Gasteiger partial charge in [0.25, 0.3) is 5.91 Å². The van der Waals surface area contributed by atoms with Crippen molar-refractivity contribution in [2.24, 2.45) is 0 Å². The maximum absolute atomic E-state index is 12.6. The summed E-state index contributed by atoms with van der Waals surface area (Å²) in [6.07, 6.45) is 2.42. The zero-order valence-electron chi connectivity index (χ0n) is 15.5. The summed E-state index contributed by atoms with van der Waals surface area (Å²) in [5, 5.41) is 18.1. The Hall–Kier alpha value is -2.95. The van der Waals surface area contributed by atoms with Gasteiger partial charge in [-0.25, -0.2) is 9.48 Å². The van der Waals surface area contributed by atoms with Gasteiger partial charge in [-0.15, -0.1) is 16.9 Å². The van der Waals surface area contributed by atoms with E-state index in [-0.39, 0.29) is 23.6 Å².